The Labute approximate surface area is 84.3 Å². The summed E-state index contributed by atoms with van der Waals surface area (Å²) in [6, 6.07) is 3.88. The molecule has 1 fully saturated rings. The Morgan fingerprint density at radius 1 is 1.21 bits per heavy atom. The topological polar surface area (TPSA) is 37.3 Å². The van der Waals surface area contributed by atoms with Crippen LogP contribution >= 0.6 is 0 Å². The van der Waals surface area contributed by atoms with Gasteiger partial charge in [0, 0.05) is 11.9 Å². The van der Waals surface area contributed by atoms with Crippen molar-refractivity contribution in [2.24, 2.45) is 5.10 Å². The summed E-state index contributed by atoms with van der Waals surface area (Å²) < 4.78 is 0. The van der Waals surface area contributed by atoms with Crippen LogP contribution in [0.3, 0.4) is 0 Å². The van der Waals surface area contributed by atoms with Gasteiger partial charge in [0.25, 0.3) is 0 Å². The van der Waals surface area contributed by atoms with E-state index in [1.165, 1.54) is 25.0 Å². The van der Waals surface area contributed by atoms with Crippen molar-refractivity contribution >= 4 is 11.4 Å². The largest absolute Gasteiger partial charge is 0.277 e. The fraction of sp³-hybridized carbons (Fsp3) is 0.455. The highest BCUT2D eigenvalue weighted by Gasteiger charge is 2.05. The minimum atomic E-state index is 0.963. The zero-order valence-electron chi connectivity index (χ0n) is 8.24. The predicted octanol–water partition coefficient (Wildman–Crippen LogP) is 2.81. The first-order chi connectivity index (χ1) is 6.95. The minimum absolute atomic E-state index is 0.963. The lowest BCUT2D eigenvalue weighted by Gasteiger charge is -2.12. The summed E-state index contributed by atoms with van der Waals surface area (Å²) in [6.07, 6.45) is 9.76. The molecular weight excluding hydrogens is 174 g/mol. The fourth-order valence-electron chi connectivity index (χ4n) is 1.64. The van der Waals surface area contributed by atoms with Gasteiger partial charge in [0.05, 0.1) is 11.9 Å². The van der Waals surface area contributed by atoms with Gasteiger partial charge in [0.15, 0.2) is 0 Å². The van der Waals surface area contributed by atoms with Gasteiger partial charge in [0.2, 0.25) is 0 Å². The van der Waals surface area contributed by atoms with Crippen LogP contribution in [-0.4, -0.2) is 10.7 Å². The molecule has 1 aromatic heterocycles. The molecule has 1 aliphatic carbocycles. The van der Waals surface area contributed by atoms with E-state index in [0.29, 0.717) is 0 Å². The van der Waals surface area contributed by atoms with E-state index in [1.807, 2.05) is 12.1 Å². The lowest BCUT2D eigenvalue weighted by atomic mass is 9.99. The second-order valence-corrected chi connectivity index (χ2v) is 3.59. The van der Waals surface area contributed by atoms with Crippen LogP contribution in [0.1, 0.15) is 32.1 Å². The smallest absolute Gasteiger partial charge is 0.0745 e. The average Bonchev–Trinajstić information content (AvgIpc) is 2.29. The van der Waals surface area contributed by atoms with Gasteiger partial charge in [-0.3, -0.25) is 10.4 Å². The summed E-state index contributed by atoms with van der Waals surface area (Å²) in [5.74, 6) is 0. The zero-order chi connectivity index (χ0) is 9.64. The molecule has 0 aliphatic heterocycles. The van der Waals surface area contributed by atoms with E-state index in [2.05, 4.69) is 15.5 Å². The first-order valence-corrected chi connectivity index (χ1v) is 5.16. The first kappa shape index (κ1) is 9.19. The number of pyridine rings is 1. The second-order valence-electron chi connectivity index (χ2n) is 3.59. The Bertz CT molecular complexity index is 298. The monoisotopic (exact) mass is 189 g/mol. The van der Waals surface area contributed by atoms with Crippen molar-refractivity contribution < 1.29 is 0 Å². The molecule has 1 N–H and O–H groups in total. The van der Waals surface area contributed by atoms with Crippen LogP contribution in [0.25, 0.3) is 0 Å². The fourth-order valence-corrected chi connectivity index (χ4v) is 1.64. The molecule has 0 bridgehead atoms. The van der Waals surface area contributed by atoms with E-state index in [4.69, 9.17) is 0 Å². The Morgan fingerprint density at radius 3 is 2.79 bits per heavy atom. The number of anilines is 1. The molecule has 0 spiro atoms. The lowest BCUT2D eigenvalue weighted by molar-refractivity contribution is 0.665. The molecule has 0 saturated heterocycles. The number of hydrogen-bond acceptors (Lipinski definition) is 3. The normalized spacial score (nSPS) is 16.4. The molecule has 0 radical (unpaired) electrons. The van der Waals surface area contributed by atoms with Gasteiger partial charge < -0.3 is 0 Å². The van der Waals surface area contributed by atoms with E-state index < -0.39 is 0 Å². The molecule has 2 rings (SSSR count). The maximum Gasteiger partial charge on any atom is 0.0745 e. The van der Waals surface area contributed by atoms with Gasteiger partial charge in [0.1, 0.15) is 0 Å². The number of nitrogens with zero attached hydrogens (tertiary/aromatic N) is 2. The number of nitrogens with one attached hydrogen (secondary N) is 1. The zero-order valence-corrected chi connectivity index (χ0v) is 8.24. The predicted molar refractivity (Wildman–Crippen MR) is 58.4 cm³/mol. The maximum atomic E-state index is 4.38. The summed E-state index contributed by atoms with van der Waals surface area (Å²) in [5, 5.41) is 4.38. The van der Waals surface area contributed by atoms with Gasteiger partial charge in [-0.15, -0.1) is 0 Å². The third kappa shape index (κ3) is 2.55. The van der Waals surface area contributed by atoms with Crippen LogP contribution in [0.5, 0.6) is 0 Å². The summed E-state index contributed by atoms with van der Waals surface area (Å²) in [5.41, 5.74) is 5.30. The van der Waals surface area contributed by atoms with Crippen molar-refractivity contribution in [1.82, 2.24) is 4.98 Å². The van der Waals surface area contributed by atoms with Crippen LogP contribution in [0.15, 0.2) is 29.6 Å². The van der Waals surface area contributed by atoms with Crippen LogP contribution in [-0.2, 0) is 0 Å². The maximum absolute atomic E-state index is 4.38. The molecule has 3 nitrogen and oxygen atoms in total. The van der Waals surface area contributed by atoms with Crippen molar-refractivity contribution in [3.05, 3.63) is 24.5 Å². The SMILES string of the molecule is c1cncc(NN=C2CCCCC2)c1. The Balaban J connectivity index is 1.92. The van der Waals surface area contributed by atoms with Crippen molar-refractivity contribution in [2.45, 2.75) is 32.1 Å². The van der Waals surface area contributed by atoms with Crippen molar-refractivity contribution in [2.75, 3.05) is 5.43 Å². The molecule has 74 valence electrons. The lowest BCUT2D eigenvalue weighted by Crippen LogP contribution is -2.07. The molecule has 14 heavy (non-hydrogen) atoms. The molecule has 3 heteroatoms. The number of hydrazone groups is 1. The van der Waals surface area contributed by atoms with Crippen molar-refractivity contribution in [3.8, 4) is 0 Å². The highest BCUT2D eigenvalue weighted by molar-refractivity contribution is 5.85. The molecule has 0 atom stereocenters. The summed E-state index contributed by atoms with van der Waals surface area (Å²) >= 11 is 0. The first-order valence-electron chi connectivity index (χ1n) is 5.16. The Hall–Kier alpha value is -1.38. The van der Waals surface area contributed by atoms with E-state index in [-0.39, 0.29) is 0 Å². The second kappa shape index (κ2) is 4.74. The van der Waals surface area contributed by atoms with Gasteiger partial charge >= 0.3 is 0 Å². The molecular formula is C11H15N3. The molecule has 0 unspecified atom stereocenters. The highest BCUT2D eigenvalue weighted by atomic mass is 15.3. The van der Waals surface area contributed by atoms with Gasteiger partial charge in [-0.1, -0.05) is 6.42 Å². The van der Waals surface area contributed by atoms with Crippen molar-refractivity contribution in [3.63, 3.8) is 0 Å². The molecule has 0 amide bonds. The van der Waals surface area contributed by atoms with Gasteiger partial charge in [-0.05, 0) is 37.8 Å². The summed E-state index contributed by atoms with van der Waals surface area (Å²) in [7, 11) is 0. The average molecular weight is 189 g/mol. The number of hydrogen-bond donors (Lipinski definition) is 1. The van der Waals surface area contributed by atoms with Crippen LogP contribution < -0.4 is 5.43 Å². The summed E-state index contributed by atoms with van der Waals surface area (Å²) in [6.45, 7) is 0. The molecule has 1 aliphatic rings. The van der Waals surface area contributed by atoms with E-state index >= 15 is 0 Å². The van der Waals surface area contributed by atoms with E-state index in [9.17, 15) is 0 Å². The summed E-state index contributed by atoms with van der Waals surface area (Å²) in [4.78, 5) is 4.02. The Morgan fingerprint density at radius 2 is 2.07 bits per heavy atom. The molecule has 0 aromatic carbocycles. The third-order valence-corrected chi connectivity index (χ3v) is 2.44. The molecule has 1 heterocycles. The van der Waals surface area contributed by atoms with E-state index in [0.717, 1.165) is 18.5 Å². The highest BCUT2D eigenvalue weighted by Crippen LogP contribution is 2.15. The van der Waals surface area contributed by atoms with Crippen molar-refractivity contribution in [1.29, 1.82) is 0 Å². The van der Waals surface area contributed by atoms with Crippen LogP contribution in [0, 0.1) is 0 Å². The molecule has 1 saturated carbocycles. The quantitative estimate of drug-likeness (QED) is 0.726. The number of rotatable bonds is 2. The van der Waals surface area contributed by atoms with E-state index in [1.54, 1.807) is 12.4 Å². The minimum Gasteiger partial charge on any atom is -0.277 e. The molecule has 1 aromatic rings. The van der Waals surface area contributed by atoms with Gasteiger partial charge in [-0.25, -0.2) is 0 Å². The standard InChI is InChI=1S/C11H15N3/c1-2-5-10(6-3-1)13-14-11-7-4-8-12-9-11/h4,7-9,14H,1-3,5-6H2. The Kier molecular flexibility index (Phi) is 3.11. The van der Waals surface area contributed by atoms with Crippen LogP contribution in [0.2, 0.25) is 0 Å². The number of aromatic nitrogens is 1. The van der Waals surface area contributed by atoms with Crippen LogP contribution in [0.4, 0.5) is 5.69 Å². The van der Waals surface area contributed by atoms with Gasteiger partial charge in [-0.2, -0.15) is 5.10 Å². The third-order valence-electron chi connectivity index (χ3n) is 2.44.